The Labute approximate surface area is 161 Å². The van der Waals surface area contributed by atoms with E-state index in [0.29, 0.717) is 23.1 Å². The Morgan fingerprint density at radius 2 is 1.86 bits per heavy atom. The van der Waals surface area contributed by atoms with Gasteiger partial charge in [0, 0.05) is 13.6 Å². The number of fused-ring (bicyclic) bond motifs is 1. The molecule has 1 aromatic heterocycles. The van der Waals surface area contributed by atoms with Crippen LogP contribution in [0, 0.1) is 16.7 Å². The van der Waals surface area contributed by atoms with Crippen LogP contribution in [-0.4, -0.2) is 15.3 Å². The van der Waals surface area contributed by atoms with E-state index in [1.807, 2.05) is 20.8 Å². The van der Waals surface area contributed by atoms with E-state index in [1.54, 1.807) is 35.9 Å². The number of halogens is 3. The predicted octanol–water partition coefficient (Wildman–Crippen LogP) is 4.97. The van der Waals surface area contributed by atoms with Gasteiger partial charge in [-0.25, -0.2) is 4.79 Å². The number of hydrogen-bond donors (Lipinski definition) is 0. The van der Waals surface area contributed by atoms with Crippen molar-refractivity contribution in [1.29, 1.82) is 5.26 Å². The lowest BCUT2D eigenvalue weighted by Gasteiger charge is -2.18. The van der Waals surface area contributed by atoms with Gasteiger partial charge in [0.1, 0.15) is 6.07 Å². The van der Waals surface area contributed by atoms with Gasteiger partial charge in [0.25, 0.3) is 0 Å². The zero-order chi connectivity index (χ0) is 21.4. The van der Waals surface area contributed by atoms with Gasteiger partial charge in [-0.2, -0.15) is 18.4 Å². The molecular formula is C21H22F3N3O. The van der Waals surface area contributed by atoms with Gasteiger partial charge in [0.15, 0.2) is 0 Å². The first-order chi connectivity index (χ1) is 12.8. The summed E-state index contributed by atoms with van der Waals surface area (Å²) in [5.41, 5.74) is -0.586. The van der Waals surface area contributed by atoms with Crippen LogP contribution in [0.5, 0.6) is 0 Å². The van der Waals surface area contributed by atoms with E-state index in [-0.39, 0.29) is 16.7 Å². The highest BCUT2D eigenvalue weighted by molar-refractivity contribution is 5.88. The first-order valence-electron chi connectivity index (χ1n) is 8.54. The molecular weight excluding hydrogens is 367 g/mol. The molecule has 4 nitrogen and oxygen atoms in total. The second-order valence-corrected chi connectivity index (χ2v) is 7.77. The van der Waals surface area contributed by atoms with Crippen LogP contribution in [0.1, 0.15) is 26.3 Å². The fourth-order valence-corrected chi connectivity index (χ4v) is 3.00. The van der Waals surface area contributed by atoms with Crippen molar-refractivity contribution in [3.63, 3.8) is 0 Å². The minimum Gasteiger partial charge on any atom is -0.295 e. The smallest absolute Gasteiger partial charge is 0.295 e. The quantitative estimate of drug-likeness (QED) is 0.548. The molecule has 0 fully saturated rings. The number of hydrogen-bond acceptors (Lipinski definition) is 2. The number of alkyl halides is 3. The number of aromatic nitrogens is 2. The van der Waals surface area contributed by atoms with Gasteiger partial charge in [-0.3, -0.25) is 9.13 Å². The number of aryl methyl sites for hydroxylation is 1. The Morgan fingerprint density at radius 1 is 1.25 bits per heavy atom. The van der Waals surface area contributed by atoms with Crippen LogP contribution in [0.4, 0.5) is 13.2 Å². The SMILES string of the molecule is C=C/C(=C(/C#N)C(=C)C(F)(F)F)c1ccc2c(c1)n(C)c(=O)n2CC(C)(C)C. The normalized spacial score (nSPS) is 13.2. The maximum atomic E-state index is 13.1. The minimum absolute atomic E-state index is 0.0164. The largest absolute Gasteiger partial charge is 0.417 e. The average molecular weight is 389 g/mol. The summed E-state index contributed by atoms with van der Waals surface area (Å²) >= 11 is 0. The highest BCUT2D eigenvalue weighted by atomic mass is 19.4. The summed E-state index contributed by atoms with van der Waals surface area (Å²) in [6.07, 6.45) is -3.53. The predicted molar refractivity (Wildman–Crippen MR) is 105 cm³/mol. The minimum atomic E-state index is -4.73. The molecule has 0 bridgehead atoms. The molecule has 0 spiro atoms. The topological polar surface area (TPSA) is 50.7 Å². The standard InChI is InChI=1S/C21H22F3N3O/c1-7-15(16(11-25)13(2)21(22,23)24)14-8-9-17-18(10-14)26(6)19(28)27(17)12-20(3,4)5/h7-10H,1-2,12H2,3-6H3/b16-15+. The Balaban J connectivity index is 2.75. The molecule has 0 amide bonds. The van der Waals surface area contributed by atoms with Gasteiger partial charge < -0.3 is 0 Å². The number of rotatable bonds is 4. The van der Waals surface area contributed by atoms with Crippen molar-refractivity contribution in [2.24, 2.45) is 12.5 Å². The molecule has 28 heavy (non-hydrogen) atoms. The van der Waals surface area contributed by atoms with Crippen LogP contribution >= 0.6 is 0 Å². The molecule has 1 heterocycles. The van der Waals surface area contributed by atoms with Crippen molar-refractivity contribution >= 4 is 16.6 Å². The third-order valence-electron chi connectivity index (χ3n) is 4.32. The summed E-state index contributed by atoms with van der Waals surface area (Å²) in [7, 11) is 1.60. The summed E-state index contributed by atoms with van der Waals surface area (Å²) in [6.45, 7) is 13.1. The van der Waals surface area contributed by atoms with Crippen molar-refractivity contribution < 1.29 is 13.2 Å². The van der Waals surface area contributed by atoms with E-state index < -0.39 is 17.3 Å². The lowest BCUT2D eigenvalue weighted by molar-refractivity contribution is -0.0884. The zero-order valence-corrected chi connectivity index (χ0v) is 16.3. The van der Waals surface area contributed by atoms with Gasteiger partial charge in [-0.15, -0.1) is 0 Å². The molecule has 0 N–H and O–H groups in total. The van der Waals surface area contributed by atoms with Crippen molar-refractivity contribution in [3.05, 3.63) is 64.6 Å². The Kier molecular flexibility index (Phi) is 5.47. The molecule has 0 radical (unpaired) electrons. The summed E-state index contributed by atoms with van der Waals surface area (Å²) in [5, 5.41) is 9.29. The molecule has 0 aliphatic carbocycles. The van der Waals surface area contributed by atoms with Gasteiger partial charge in [0.05, 0.1) is 22.2 Å². The van der Waals surface area contributed by atoms with E-state index in [1.165, 1.54) is 10.6 Å². The van der Waals surface area contributed by atoms with Gasteiger partial charge in [0.2, 0.25) is 0 Å². The highest BCUT2D eigenvalue weighted by Gasteiger charge is 2.35. The number of imidazole rings is 1. The van der Waals surface area contributed by atoms with Crippen LogP contribution in [0.15, 0.2) is 53.4 Å². The van der Waals surface area contributed by atoms with E-state index in [0.717, 1.165) is 0 Å². The van der Waals surface area contributed by atoms with Gasteiger partial charge in [-0.05, 0) is 28.7 Å². The molecule has 148 valence electrons. The maximum Gasteiger partial charge on any atom is 0.417 e. The van der Waals surface area contributed by atoms with Crippen LogP contribution < -0.4 is 5.69 Å². The third-order valence-corrected chi connectivity index (χ3v) is 4.32. The van der Waals surface area contributed by atoms with E-state index >= 15 is 0 Å². The number of nitriles is 1. The lowest BCUT2D eigenvalue weighted by Crippen LogP contribution is -2.27. The Bertz CT molecular complexity index is 1080. The van der Waals surface area contributed by atoms with Crippen LogP contribution in [0.25, 0.3) is 16.6 Å². The van der Waals surface area contributed by atoms with Crippen LogP contribution in [-0.2, 0) is 13.6 Å². The molecule has 0 atom stereocenters. The van der Waals surface area contributed by atoms with Crippen molar-refractivity contribution in [1.82, 2.24) is 9.13 Å². The van der Waals surface area contributed by atoms with Gasteiger partial charge in [-0.1, -0.05) is 46.1 Å². The summed E-state index contributed by atoms with van der Waals surface area (Å²) in [6, 6.07) is 6.43. The first-order valence-corrected chi connectivity index (χ1v) is 8.54. The first kappa shape index (κ1) is 21.3. The number of nitrogens with zero attached hydrogens (tertiary/aromatic N) is 3. The van der Waals surface area contributed by atoms with E-state index in [2.05, 4.69) is 13.2 Å². The molecule has 2 rings (SSSR count). The molecule has 0 aliphatic heterocycles. The van der Waals surface area contributed by atoms with Crippen molar-refractivity contribution in [3.8, 4) is 6.07 Å². The number of benzene rings is 1. The van der Waals surface area contributed by atoms with Crippen molar-refractivity contribution in [2.75, 3.05) is 0 Å². The average Bonchev–Trinajstić information content (AvgIpc) is 2.81. The Hall–Kier alpha value is -3.01. The molecule has 0 unspecified atom stereocenters. The van der Waals surface area contributed by atoms with E-state index in [9.17, 15) is 23.2 Å². The third kappa shape index (κ3) is 3.96. The van der Waals surface area contributed by atoms with Crippen LogP contribution in [0.3, 0.4) is 0 Å². The van der Waals surface area contributed by atoms with Gasteiger partial charge >= 0.3 is 11.9 Å². The zero-order valence-electron chi connectivity index (χ0n) is 16.3. The Morgan fingerprint density at radius 3 is 2.32 bits per heavy atom. The lowest BCUT2D eigenvalue weighted by atomic mass is 9.95. The molecule has 2 aromatic rings. The fraction of sp³-hybridized carbons (Fsp3) is 0.333. The monoisotopic (exact) mass is 389 g/mol. The second kappa shape index (κ2) is 7.19. The highest BCUT2D eigenvalue weighted by Crippen LogP contribution is 2.35. The fourth-order valence-electron chi connectivity index (χ4n) is 3.00. The summed E-state index contributed by atoms with van der Waals surface area (Å²) < 4.78 is 42.3. The second-order valence-electron chi connectivity index (χ2n) is 7.77. The molecule has 1 aromatic carbocycles. The summed E-state index contributed by atoms with van der Waals surface area (Å²) in [5.74, 6) is 0. The van der Waals surface area contributed by atoms with Crippen LogP contribution in [0.2, 0.25) is 0 Å². The molecule has 0 saturated carbocycles. The van der Waals surface area contributed by atoms with E-state index in [4.69, 9.17) is 0 Å². The molecule has 0 aliphatic rings. The van der Waals surface area contributed by atoms with Crippen molar-refractivity contribution in [2.45, 2.75) is 33.5 Å². The maximum absolute atomic E-state index is 13.1. The number of allylic oxidation sites excluding steroid dienone is 4. The summed E-state index contributed by atoms with van der Waals surface area (Å²) in [4.78, 5) is 12.6. The molecule has 0 saturated heterocycles. The molecule has 7 heteroatoms.